The summed E-state index contributed by atoms with van der Waals surface area (Å²) in [6.07, 6.45) is 3.51. The maximum absolute atomic E-state index is 11.9. The van der Waals surface area contributed by atoms with E-state index in [1.165, 1.54) is 0 Å². The SMILES string of the molecule is Nc1ccn([C@@H]2C[C@H](CO)[C@@H](O)C23CC3)c(=O)n1. The number of anilines is 1. The molecule has 0 saturated heterocycles. The van der Waals surface area contributed by atoms with E-state index in [1.807, 2.05) is 0 Å². The largest absolute Gasteiger partial charge is 0.396 e. The molecule has 0 aromatic carbocycles. The molecule has 1 heterocycles. The van der Waals surface area contributed by atoms with Crippen LogP contribution in [0.25, 0.3) is 0 Å². The molecule has 0 amide bonds. The number of hydrogen-bond donors (Lipinski definition) is 3. The number of hydrogen-bond acceptors (Lipinski definition) is 5. The summed E-state index contributed by atoms with van der Waals surface area (Å²) in [6, 6.07) is 1.51. The molecule has 4 N–H and O–H groups in total. The molecule has 3 atom stereocenters. The number of aromatic nitrogens is 2. The maximum Gasteiger partial charge on any atom is 0.349 e. The second kappa shape index (κ2) is 3.80. The van der Waals surface area contributed by atoms with Gasteiger partial charge in [0.05, 0.1) is 6.10 Å². The van der Waals surface area contributed by atoms with Crippen LogP contribution in [0.3, 0.4) is 0 Å². The molecule has 6 heteroatoms. The van der Waals surface area contributed by atoms with Gasteiger partial charge in [-0.25, -0.2) is 4.79 Å². The van der Waals surface area contributed by atoms with Crippen LogP contribution in [-0.4, -0.2) is 32.5 Å². The van der Waals surface area contributed by atoms with Crippen molar-refractivity contribution in [1.29, 1.82) is 0 Å². The lowest BCUT2D eigenvalue weighted by Gasteiger charge is -2.23. The lowest BCUT2D eigenvalue weighted by atomic mass is 9.96. The zero-order chi connectivity index (χ0) is 12.9. The van der Waals surface area contributed by atoms with Crippen LogP contribution in [0.5, 0.6) is 0 Å². The summed E-state index contributed by atoms with van der Waals surface area (Å²) in [6.45, 7) is -0.0451. The Kier molecular flexibility index (Phi) is 2.46. The Morgan fingerprint density at radius 3 is 2.83 bits per heavy atom. The van der Waals surface area contributed by atoms with Crippen molar-refractivity contribution < 1.29 is 10.2 Å². The van der Waals surface area contributed by atoms with E-state index in [-0.39, 0.29) is 35.5 Å². The molecule has 1 aromatic heterocycles. The van der Waals surface area contributed by atoms with E-state index in [0.717, 1.165) is 12.8 Å². The van der Waals surface area contributed by atoms with Gasteiger partial charge in [0.15, 0.2) is 0 Å². The van der Waals surface area contributed by atoms with E-state index in [1.54, 1.807) is 16.8 Å². The first-order valence-electron chi connectivity index (χ1n) is 6.22. The zero-order valence-corrected chi connectivity index (χ0v) is 9.99. The average molecular weight is 251 g/mol. The molecular formula is C12H17N3O3. The van der Waals surface area contributed by atoms with E-state index in [0.29, 0.717) is 6.42 Å². The van der Waals surface area contributed by atoms with Crippen LogP contribution < -0.4 is 11.4 Å². The van der Waals surface area contributed by atoms with Crippen LogP contribution in [0.4, 0.5) is 5.82 Å². The quantitative estimate of drug-likeness (QED) is 0.659. The van der Waals surface area contributed by atoms with E-state index < -0.39 is 6.10 Å². The molecule has 1 spiro atoms. The summed E-state index contributed by atoms with van der Waals surface area (Å²) >= 11 is 0. The fourth-order valence-electron chi connectivity index (χ4n) is 3.32. The van der Waals surface area contributed by atoms with Crippen molar-refractivity contribution in [3.8, 4) is 0 Å². The summed E-state index contributed by atoms with van der Waals surface area (Å²) < 4.78 is 1.56. The van der Waals surface area contributed by atoms with Crippen molar-refractivity contribution in [3.63, 3.8) is 0 Å². The Hall–Kier alpha value is -1.40. The number of nitrogens with two attached hydrogens (primary N) is 1. The summed E-state index contributed by atoms with van der Waals surface area (Å²) in [7, 11) is 0. The van der Waals surface area contributed by atoms with Gasteiger partial charge in [0.25, 0.3) is 0 Å². The third-order valence-corrected chi connectivity index (χ3v) is 4.47. The minimum Gasteiger partial charge on any atom is -0.396 e. The Balaban J connectivity index is 2.00. The molecule has 0 radical (unpaired) electrons. The summed E-state index contributed by atoms with van der Waals surface area (Å²) in [5.41, 5.74) is 4.86. The first-order chi connectivity index (χ1) is 8.58. The topological polar surface area (TPSA) is 101 Å². The second-order valence-corrected chi connectivity index (χ2v) is 5.41. The highest BCUT2D eigenvalue weighted by atomic mass is 16.3. The smallest absolute Gasteiger partial charge is 0.349 e. The van der Waals surface area contributed by atoms with Gasteiger partial charge in [-0.05, 0) is 25.3 Å². The van der Waals surface area contributed by atoms with Gasteiger partial charge in [0, 0.05) is 30.2 Å². The van der Waals surface area contributed by atoms with Crippen molar-refractivity contribution in [2.24, 2.45) is 11.3 Å². The fourth-order valence-corrected chi connectivity index (χ4v) is 3.32. The van der Waals surface area contributed by atoms with E-state index in [4.69, 9.17) is 5.73 Å². The molecule has 98 valence electrons. The summed E-state index contributed by atoms with van der Waals surface area (Å²) in [4.78, 5) is 15.6. The average Bonchev–Trinajstić information content (AvgIpc) is 3.07. The third-order valence-electron chi connectivity index (χ3n) is 4.47. The van der Waals surface area contributed by atoms with Crippen LogP contribution in [0.15, 0.2) is 17.1 Å². The first-order valence-corrected chi connectivity index (χ1v) is 6.22. The van der Waals surface area contributed by atoms with Gasteiger partial charge in [-0.3, -0.25) is 4.57 Å². The minimum absolute atomic E-state index is 0.0451. The lowest BCUT2D eigenvalue weighted by molar-refractivity contribution is 0.0467. The van der Waals surface area contributed by atoms with Gasteiger partial charge in [0.2, 0.25) is 0 Å². The predicted molar refractivity (Wildman–Crippen MR) is 64.8 cm³/mol. The molecule has 2 aliphatic rings. The highest BCUT2D eigenvalue weighted by Crippen LogP contribution is 2.64. The minimum atomic E-state index is -0.531. The molecule has 6 nitrogen and oxygen atoms in total. The summed E-state index contributed by atoms with van der Waals surface area (Å²) in [5.74, 6) is 0.0558. The van der Waals surface area contributed by atoms with Gasteiger partial charge in [-0.15, -0.1) is 0 Å². The summed E-state index contributed by atoms with van der Waals surface area (Å²) in [5, 5.41) is 19.5. The van der Waals surface area contributed by atoms with Crippen molar-refractivity contribution in [1.82, 2.24) is 9.55 Å². The molecule has 0 aliphatic heterocycles. The third kappa shape index (κ3) is 1.49. The van der Waals surface area contributed by atoms with Crippen molar-refractivity contribution in [2.75, 3.05) is 12.3 Å². The maximum atomic E-state index is 11.9. The molecule has 2 fully saturated rings. The second-order valence-electron chi connectivity index (χ2n) is 5.41. The van der Waals surface area contributed by atoms with Gasteiger partial charge in [0.1, 0.15) is 5.82 Å². The first kappa shape index (κ1) is 11.7. The van der Waals surface area contributed by atoms with Crippen LogP contribution in [0.2, 0.25) is 0 Å². The predicted octanol–water partition coefficient (Wildman–Crippen LogP) is -0.480. The van der Waals surface area contributed by atoms with Crippen LogP contribution in [0, 0.1) is 11.3 Å². The number of rotatable bonds is 2. The molecular weight excluding hydrogens is 234 g/mol. The van der Waals surface area contributed by atoms with E-state index in [9.17, 15) is 15.0 Å². The van der Waals surface area contributed by atoms with E-state index >= 15 is 0 Å². The van der Waals surface area contributed by atoms with Gasteiger partial charge in [-0.1, -0.05) is 0 Å². The van der Waals surface area contributed by atoms with Gasteiger partial charge < -0.3 is 15.9 Å². The number of nitrogens with zero attached hydrogens (tertiary/aromatic N) is 2. The molecule has 0 unspecified atom stereocenters. The fraction of sp³-hybridized carbons (Fsp3) is 0.667. The van der Waals surface area contributed by atoms with E-state index in [2.05, 4.69) is 4.98 Å². The van der Waals surface area contributed by atoms with Gasteiger partial charge >= 0.3 is 5.69 Å². The van der Waals surface area contributed by atoms with Gasteiger partial charge in [-0.2, -0.15) is 4.98 Å². The number of nitrogen functional groups attached to an aromatic ring is 1. The number of aliphatic hydroxyl groups excluding tert-OH is 2. The van der Waals surface area contributed by atoms with Crippen molar-refractivity contribution >= 4 is 5.82 Å². The highest BCUT2D eigenvalue weighted by Gasteiger charge is 2.62. The molecule has 2 saturated carbocycles. The van der Waals surface area contributed by atoms with Crippen molar-refractivity contribution in [3.05, 3.63) is 22.7 Å². The van der Waals surface area contributed by atoms with Crippen LogP contribution >= 0.6 is 0 Å². The Morgan fingerprint density at radius 1 is 1.56 bits per heavy atom. The molecule has 1 aromatic rings. The zero-order valence-electron chi connectivity index (χ0n) is 9.99. The standard InChI is InChI=1S/C12H17N3O3/c13-9-1-4-15(11(18)14-9)8-5-7(6-16)10(17)12(8)2-3-12/h1,4,7-8,10,16-17H,2-3,5-6H2,(H2,13,14,18)/t7-,8-,10-/m1/s1. The van der Waals surface area contributed by atoms with Crippen LogP contribution in [-0.2, 0) is 0 Å². The normalized spacial score (nSPS) is 32.9. The van der Waals surface area contributed by atoms with Crippen molar-refractivity contribution in [2.45, 2.75) is 31.4 Å². The highest BCUT2D eigenvalue weighted by molar-refractivity contribution is 5.24. The molecule has 0 bridgehead atoms. The van der Waals surface area contributed by atoms with Crippen LogP contribution in [0.1, 0.15) is 25.3 Å². The Labute approximate surface area is 104 Å². The monoisotopic (exact) mass is 251 g/mol. The molecule has 2 aliphatic carbocycles. The molecule has 18 heavy (non-hydrogen) atoms. The molecule has 3 rings (SSSR count). The number of aliphatic hydroxyl groups is 2. The Morgan fingerprint density at radius 2 is 2.28 bits per heavy atom. The lowest BCUT2D eigenvalue weighted by Crippen LogP contribution is -2.32. The Bertz CT molecular complexity index is 524.